The lowest BCUT2D eigenvalue weighted by Gasteiger charge is -2.31. The summed E-state index contributed by atoms with van der Waals surface area (Å²) in [4.78, 5) is 17.2. The lowest BCUT2D eigenvalue weighted by Crippen LogP contribution is -2.41. The molecule has 0 aromatic heterocycles. The Morgan fingerprint density at radius 2 is 1.95 bits per heavy atom. The van der Waals surface area contributed by atoms with Gasteiger partial charge in [-0.2, -0.15) is 0 Å². The van der Waals surface area contributed by atoms with Crippen molar-refractivity contribution in [2.24, 2.45) is 11.7 Å². The van der Waals surface area contributed by atoms with Gasteiger partial charge in [-0.1, -0.05) is 12.1 Å². The number of hydrogen-bond acceptors (Lipinski definition) is 3. The number of amides is 1. The van der Waals surface area contributed by atoms with E-state index in [1.54, 1.807) is 0 Å². The first-order valence-corrected chi connectivity index (χ1v) is 8.38. The molecule has 2 heterocycles. The number of carbonyl (C=O) groups excluding carboxylic acids is 1. The van der Waals surface area contributed by atoms with Gasteiger partial charge in [0.05, 0.1) is 5.92 Å². The summed E-state index contributed by atoms with van der Waals surface area (Å²) in [6, 6.07) is 4.56. The van der Waals surface area contributed by atoms with Crippen molar-refractivity contribution < 1.29 is 4.79 Å². The van der Waals surface area contributed by atoms with Crippen LogP contribution in [0.5, 0.6) is 0 Å². The van der Waals surface area contributed by atoms with E-state index in [-0.39, 0.29) is 5.92 Å². The SMILES string of the molecule is Cc1cc2c(cc1C)CN(C(=O)C1CCN(CCN)C1)CC2. The van der Waals surface area contributed by atoms with Crippen LogP contribution >= 0.6 is 0 Å². The summed E-state index contributed by atoms with van der Waals surface area (Å²) in [5, 5.41) is 0. The van der Waals surface area contributed by atoms with Crippen molar-refractivity contribution in [3.63, 3.8) is 0 Å². The van der Waals surface area contributed by atoms with Crippen molar-refractivity contribution in [3.05, 3.63) is 34.4 Å². The van der Waals surface area contributed by atoms with Crippen molar-refractivity contribution in [1.82, 2.24) is 9.80 Å². The fourth-order valence-corrected chi connectivity index (χ4v) is 3.72. The zero-order valence-electron chi connectivity index (χ0n) is 13.8. The highest BCUT2D eigenvalue weighted by atomic mass is 16.2. The molecule has 1 atom stereocenters. The lowest BCUT2D eigenvalue weighted by molar-refractivity contribution is -0.136. The highest BCUT2D eigenvalue weighted by Gasteiger charge is 2.32. The number of carbonyl (C=O) groups is 1. The van der Waals surface area contributed by atoms with Gasteiger partial charge in [-0.3, -0.25) is 4.79 Å². The summed E-state index contributed by atoms with van der Waals surface area (Å²) in [5.74, 6) is 0.503. The molecule has 1 saturated heterocycles. The van der Waals surface area contributed by atoms with E-state index in [1.165, 1.54) is 22.3 Å². The summed E-state index contributed by atoms with van der Waals surface area (Å²) in [7, 11) is 0. The van der Waals surface area contributed by atoms with Crippen LogP contribution in [0.4, 0.5) is 0 Å². The van der Waals surface area contributed by atoms with Gasteiger partial charge >= 0.3 is 0 Å². The van der Waals surface area contributed by atoms with Crippen molar-refractivity contribution in [2.75, 3.05) is 32.7 Å². The molecule has 2 aliphatic heterocycles. The minimum absolute atomic E-state index is 0.166. The van der Waals surface area contributed by atoms with E-state index in [2.05, 4.69) is 35.8 Å². The smallest absolute Gasteiger partial charge is 0.227 e. The van der Waals surface area contributed by atoms with Crippen LogP contribution in [0, 0.1) is 19.8 Å². The van der Waals surface area contributed by atoms with Crippen LogP contribution in [0.1, 0.15) is 28.7 Å². The first-order valence-electron chi connectivity index (χ1n) is 8.38. The van der Waals surface area contributed by atoms with Gasteiger partial charge in [-0.15, -0.1) is 0 Å². The second kappa shape index (κ2) is 6.39. The molecule has 3 rings (SSSR count). The van der Waals surface area contributed by atoms with E-state index in [4.69, 9.17) is 5.73 Å². The molecule has 22 heavy (non-hydrogen) atoms. The maximum Gasteiger partial charge on any atom is 0.227 e. The Morgan fingerprint density at radius 1 is 1.23 bits per heavy atom. The Labute approximate surface area is 133 Å². The number of benzene rings is 1. The Hall–Kier alpha value is -1.39. The second-order valence-electron chi connectivity index (χ2n) is 6.79. The van der Waals surface area contributed by atoms with Crippen LogP contribution in [0.25, 0.3) is 0 Å². The molecule has 120 valence electrons. The largest absolute Gasteiger partial charge is 0.338 e. The fourth-order valence-electron chi connectivity index (χ4n) is 3.72. The quantitative estimate of drug-likeness (QED) is 0.920. The predicted octanol–water partition coefficient (Wildman–Crippen LogP) is 1.47. The number of aryl methyl sites for hydroxylation is 2. The normalized spacial score (nSPS) is 22.0. The van der Waals surface area contributed by atoms with Gasteiger partial charge in [0.2, 0.25) is 5.91 Å². The molecule has 2 N–H and O–H groups in total. The molecule has 4 nitrogen and oxygen atoms in total. The van der Waals surface area contributed by atoms with E-state index in [0.717, 1.165) is 45.6 Å². The summed E-state index contributed by atoms with van der Waals surface area (Å²) in [6.07, 6.45) is 1.97. The van der Waals surface area contributed by atoms with Crippen LogP contribution in [-0.2, 0) is 17.8 Å². The van der Waals surface area contributed by atoms with Gasteiger partial charge in [0.25, 0.3) is 0 Å². The first kappa shape index (κ1) is 15.5. The minimum atomic E-state index is 0.166. The van der Waals surface area contributed by atoms with Crippen molar-refractivity contribution >= 4 is 5.91 Å². The molecule has 2 aliphatic rings. The van der Waals surface area contributed by atoms with E-state index in [1.807, 2.05) is 0 Å². The number of fused-ring (bicyclic) bond motifs is 1. The Morgan fingerprint density at radius 3 is 2.68 bits per heavy atom. The Balaban J connectivity index is 1.67. The second-order valence-corrected chi connectivity index (χ2v) is 6.79. The van der Waals surface area contributed by atoms with Crippen molar-refractivity contribution in [1.29, 1.82) is 0 Å². The molecule has 1 amide bonds. The summed E-state index contributed by atoms with van der Waals surface area (Å²) >= 11 is 0. The van der Waals surface area contributed by atoms with Crippen LogP contribution in [0.3, 0.4) is 0 Å². The van der Waals surface area contributed by atoms with Crippen LogP contribution in [0.15, 0.2) is 12.1 Å². The molecule has 1 unspecified atom stereocenters. The van der Waals surface area contributed by atoms with Gasteiger partial charge in [-0.05, 0) is 55.5 Å². The van der Waals surface area contributed by atoms with E-state index < -0.39 is 0 Å². The maximum atomic E-state index is 12.8. The molecular formula is C18H27N3O. The zero-order chi connectivity index (χ0) is 15.7. The average molecular weight is 301 g/mol. The minimum Gasteiger partial charge on any atom is -0.338 e. The van der Waals surface area contributed by atoms with Gasteiger partial charge in [0.15, 0.2) is 0 Å². The molecule has 1 aromatic rings. The highest BCUT2D eigenvalue weighted by Crippen LogP contribution is 2.26. The summed E-state index contributed by atoms with van der Waals surface area (Å²) in [5.41, 5.74) is 11.0. The van der Waals surface area contributed by atoms with E-state index in [9.17, 15) is 4.79 Å². The van der Waals surface area contributed by atoms with Crippen LogP contribution < -0.4 is 5.73 Å². The molecule has 0 saturated carbocycles. The van der Waals surface area contributed by atoms with E-state index >= 15 is 0 Å². The van der Waals surface area contributed by atoms with Gasteiger partial charge in [0, 0.05) is 32.7 Å². The van der Waals surface area contributed by atoms with Crippen molar-refractivity contribution in [3.8, 4) is 0 Å². The van der Waals surface area contributed by atoms with Crippen molar-refractivity contribution in [2.45, 2.75) is 33.2 Å². The third-order valence-electron chi connectivity index (χ3n) is 5.21. The third-order valence-corrected chi connectivity index (χ3v) is 5.21. The fraction of sp³-hybridized carbons (Fsp3) is 0.611. The first-order chi connectivity index (χ1) is 10.6. The van der Waals surface area contributed by atoms with Gasteiger partial charge in [0.1, 0.15) is 0 Å². The van der Waals surface area contributed by atoms with Crippen LogP contribution in [-0.4, -0.2) is 48.4 Å². The topological polar surface area (TPSA) is 49.6 Å². The standard InChI is InChI=1S/C18H27N3O/c1-13-9-15-4-7-21(12-17(15)10-14(13)2)18(22)16-3-6-20(11-16)8-5-19/h9-10,16H,3-8,11-12,19H2,1-2H3. The number of rotatable bonds is 3. The maximum absolute atomic E-state index is 12.8. The average Bonchev–Trinajstić information content (AvgIpc) is 2.96. The molecule has 0 bridgehead atoms. The van der Waals surface area contributed by atoms with Crippen LogP contribution in [0.2, 0.25) is 0 Å². The lowest BCUT2D eigenvalue weighted by atomic mass is 9.94. The predicted molar refractivity (Wildman–Crippen MR) is 88.6 cm³/mol. The number of nitrogens with two attached hydrogens (primary N) is 1. The highest BCUT2D eigenvalue weighted by molar-refractivity contribution is 5.79. The number of nitrogens with zero attached hydrogens (tertiary/aromatic N) is 2. The van der Waals surface area contributed by atoms with Gasteiger partial charge in [-0.25, -0.2) is 0 Å². The van der Waals surface area contributed by atoms with E-state index in [0.29, 0.717) is 12.5 Å². The van der Waals surface area contributed by atoms with Gasteiger partial charge < -0.3 is 15.5 Å². The monoisotopic (exact) mass is 301 g/mol. The summed E-state index contributed by atoms with van der Waals surface area (Å²) < 4.78 is 0. The molecular weight excluding hydrogens is 274 g/mol. The molecule has 1 fully saturated rings. The molecule has 0 spiro atoms. The molecule has 1 aromatic carbocycles. The zero-order valence-corrected chi connectivity index (χ0v) is 13.8. The Kier molecular flexibility index (Phi) is 4.50. The molecule has 4 heteroatoms. The third kappa shape index (κ3) is 3.03. The number of likely N-dealkylation sites (tertiary alicyclic amines) is 1. The molecule has 0 aliphatic carbocycles. The Bertz CT molecular complexity index is 570. The molecule has 0 radical (unpaired) electrons. The summed E-state index contributed by atoms with van der Waals surface area (Å²) in [6.45, 7) is 9.44. The number of hydrogen-bond donors (Lipinski definition) is 1.